The van der Waals surface area contributed by atoms with Crippen molar-refractivity contribution in [2.45, 2.75) is 31.7 Å². The second-order valence-electron chi connectivity index (χ2n) is 5.24. The number of nitrogens with one attached hydrogen (secondary N) is 1. The van der Waals surface area contributed by atoms with Crippen molar-refractivity contribution in [3.63, 3.8) is 0 Å². The Morgan fingerprint density at radius 2 is 2.20 bits per heavy atom. The highest BCUT2D eigenvalue weighted by molar-refractivity contribution is 5.97. The SMILES string of the molecule is CNCCC1CCCCN1C(=O)c1ccc(O)cc1O. The smallest absolute Gasteiger partial charge is 0.257 e. The number of hydrogen-bond acceptors (Lipinski definition) is 4. The van der Waals surface area contributed by atoms with Gasteiger partial charge in [0, 0.05) is 18.7 Å². The molecule has 0 radical (unpaired) electrons. The van der Waals surface area contributed by atoms with Gasteiger partial charge < -0.3 is 20.4 Å². The highest BCUT2D eigenvalue weighted by atomic mass is 16.3. The van der Waals surface area contributed by atoms with E-state index in [1.165, 1.54) is 18.2 Å². The van der Waals surface area contributed by atoms with E-state index >= 15 is 0 Å². The third-order valence-electron chi connectivity index (χ3n) is 3.83. The third-order valence-corrected chi connectivity index (χ3v) is 3.83. The molecule has 1 aliphatic heterocycles. The first kappa shape index (κ1) is 14.7. The van der Waals surface area contributed by atoms with Gasteiger partial charge in [-0.15, -0.1) is 0 Å². The number of piperidine rings is 1. The van der Waals surface area contributed by atoms with Gasteiger partial charge in [-0.1, -0.05) is 0 Å². The van der Waals surface area contributed by atoms with Crippen LogP contribution in [0.25, 0.3) is 0 Å². The molecule has 0 spiro atoms. The van der Waals surface area contributed by atoms with Crippen LogP contribution < -0.4 is 5.32 Å². The largest absolute Gasteiger partial charge is 0.508 e. The third kappa shape index (κ3) is 3.22. The number of phenolic OH excluding ortho intramolecular Hbond substituents is 2. The van der Waals surface area contributed by atoms with E-state index < -0.39 is 0 Å². The van der Waals surface area contributed by atoms with Crippen LogP contribution in [-0.2, 0) is 0 Å². The second kappa shape index (κ2) is 6.61. The fraction of sp³-hybridized carbons (Fsp3) is 0.533. The summed E-state index contributed by atoms with van der Waals surface area (Å²) in [5.74, 6) is -0.347. The van der Waals surface area contributed by atoms with Gasteiger partial charge in [-0.25, -0.2) is 0 Å². The van der Waals surface area contributed by atoms with Gasteiger partial charge in [-0.05, 0) is 51.4 Å². The summed E-state index contributed by atoms with van der Waals surface area (Å²) in [6.45, 7) is 1.60. The molecule has 1 heterocycles. The van der Waals surface area contributed by atoms with Crippen LogP contribution >= 0.6 is 0 Å². The van der Waals surface area contributed by atoms with Crippen molar-refractivity contribution in [3.8, 4) is 11.5 Å². The predicted molar refractivity (Wildman–Crippen MR) is 77.0 cm³/mol. The molecule has 1 atom stereocenters. The molecule has 1 fully saturated rings. The summed E-state index contributed by atoms with van der Waals surface area (Å²) in [5, 5.41) is 22.3. The topological polar surface area (TPSA) is 72.8 Å². The van der Waals surface area contributed by atoms with Gasteiger partial charge >= 0.3 is 0 Å². The number of amides is 1. The Labute approximate surface area is 119 Å². The van der Waals surface area contributed by atoms with Crippen molar-refractivity contribution in [1.82, 2.24) is 10.2 Å². The maximum Gasteiger partial charge on any atom is 0.257 e. The molecule has 0 bridgehead atoms. The summed E-state index contributed by atoms with van der Waals surface area (Å²) in [6, 6.07) is 4.34. The molecular weight excluding hydrogens is 256 g/mol. The summed E-state index contributed by atoms with van der Waals surface area (Å²) < 4.78 is 0. The van der Waals surface area contributed by atoms with Gasteiger partial charge in [0.2, 0.25) is 0 Å². The lowest BCUT2D eigenvalue weighted by atomic mass is 9.98. The molecule has 0 aliphatic carbocycles. The Kier molecular flexibility index (Phi) is 4.84. The highest BCUT2D eigenvalue weighted by Crippen LogP contribution is 2.27. The van der Waals surface area contributed by atoms with Crippen LogP contribution in [0.4, 0.5) is 0 Å². The van der Waals surface area contributed by atoms with Crippen molar-refractivity contribution >= 4 is 5.91 Å². The summed E-state index contributed by atoms with van der Waals surface area (Å²) in [5.41, 5.74) is 0.263. The Morgan fingerprint density at radius 3 is 2.90 bits per heavy atom. The molecule has 1 unspecified atom stereocenters. The molecule has 0 saturated carbocycles. The van der Waals surface area contributed by atoms with E-state index in [4.69, 9.17) is 0 Å². The molecule has 2 rings (SSSR count). The van der Waals surface area contributed by atoms with Crippen LogP contribution in [0.5, 0.6) is 11.5 Å². The Hall–Kier alpha value is -1.75. The van der Waals surface area contributed by atoms with Gasteiger partial charge in [0.05, 0.1) is 5.56 Å². The van der Waals surface area contributed by atoms with Gasteiger partial charge in [-0.2, -0.15) is 0 Å². The number of hydrogen-bond donors (Lipinski definition) is 3. The minimum absolute atomic E-state index is 0.0376. The molecule has 1 amide bonds. The molecule has 5 nitrogen and oxygen atoms in total. The Morgan fingerprint density at radius 1 is 1.40 bits per heavy atom. The molecular formula is C15H22N2O3. The number of nitrogens with zero attached hydrogens (tertiary/aromatic N) is 1. The van der Waals surface area contributed by atoms with Crippen LogP contribution in [-0.4, -0.2) is 47.2 Å². The van der Waals surface area contributed by atoms with Crippen molar-refractivity contribution in [3.05, 3.63) is 23.8 Å². The summed E-state index contributed by atoms with van der Waals surface area (Å²) >= 11 is 0. The Balaban J connectivity index is 2.16. The molecule has 20 heavy (non-hydrogen) atoms. The minimum atomic E-state index is -0.159. The molecule has 5 heteroatoms. The first-order chi connectivity index (χ1) is 9.63. The lowest BCUT2D eigenvalue weighted by molar-refractivity contribution is 0.0599. The number of phenols is 2. The zero-order chi connectivity index (χ0) is 14.5. The van der Waals surface area contributed by atoms with Crippen LogP contribution in [0.1, 0.15) is 36.0 Å². The summed E-state index contributed by atoms with van der Waals surface area (Å²) in [4.78, 5) is 14.4. The monoisotopic (exact) mass is 278 g/mol. The van der Waals surface area contributed by atoms with Gasteiger partial charge in [0.25, 0.3) is 5.91 Å². The number of benzene rings is 1. The summed E-state index contributed by atoms with van der Waals surface area (Å²) in [7, 11) is 1.90. The highest BCUT2D eigenvalue weighted by Gasteiger charge is 2.28. The molecule has 0 aromatic heterocycles. The number of carbonyl (C=O) groups excluding carboxylic acids is 1. The standard InChI is InChI=1S/C15H22N2O3/c1-16-8-7-11-4-2-3-9-17(11)15(20)13-6-5-12(18)10-14(13)19/h5-6,10-11,16,18-19H,2-4,7-9H2,1H3. The summed E-state index contributed by atoms with van der Waals surface area (Å²) in [6.07, 6.45) is 4.06. The van der Waals surface area contributed by atoms with E-state index in [1.807, 2.05) is 11.9 Å². The van der Waals surface area contributed by atoms with Crippen LogP contribution in [0.2, 0.25) is 0 Å². The number of aromatic hydroxyl groups is 2. The van der Waals surface area contributed by atoms with Crippen molar-refractivity contribution in [2.24, 2.45) is 0 Å². The van der Waals surface area contributed by atoms with E-state index in [2.05, 4.69) is 5.32 Å². The maximum absolute atomic E-state index is 12.6. The van der Waals surface area contributed by atoms with Crippen molar-refractivity contribution in [2.75, 3.05) is 20.1 Å². The quantitative estimate of drug-likeness (QED) is 0.784. The first-order valence-electron chi connectivity index (χ1n) is 7.11. The second-order valence-corrected chi connectivity index (χ2v) is 5.24. The first-order valence-corrected chi connectivity index (χ1v) is 7.11. The lowest BCUT2D eigenvalue weighted by Gasteiger charge is -2.36. The van der Waals surface area contributed by atoms with Crippen LogP contribution in [0.15, 0.2) is 18.2 Å². The maximum atomic E-state index is 12.6. The molecule has 110 valence electrons. The predicted octanol–water partition coefficient (Wildman–Crippen LogP) is 1.70. The molecule has 3 N–H and O–H groups in total. The van der Waals surface area contributed by atoms with Crippen molar-refractivity contribution in [1.29, 1.82) is 0 Å². The molecule has 1 aliphatic rings. The van der Waals surface area contributed by atoms with Crippen LogP contribution in [0.3, 0.4) is 0 Å². The average Bonchev–Trinajstić information content (AvgIpc) is 2.45. The molecule has 1 aromatic rings. The zero-order valence-corrected chi connectivity index (χ0v) is 11.8. The number of rotatable bonds is 4. The fourth-order valence-electron chi connectivity index (χ4n) is 2.73. The van der Waals surface area contributed by atoms with E-state index in [-0.39, 0.29) is 29.0 Å². The average molecular weight is 278 g/mol. The van der Waals surface area contributed by atoms with Crippen molar-refractivity contribution < 1.29 is 15.0 Å². The van der Waals surface area contributed by atoms with Crippen LogP contribution in [0, 0.1) is 0 Å². The normalized spacial score (nSPS) is 19.1. The van der Waals surface area contributed by atoms with Gasteiger partial charge in [0.1, 0.15) is 11.5 Å². The molecule has 1 saturated heterocycles. The molecule has 1 aromatic carbocycles. The van der Waals surface area contributed by atoms with E-state index in [0.29, 0.717) is 0 Å². The zero-order valence-electron chi connectivity index (χ0n) is 11.8. The Bertz CT molecular complexity index is 476. The van der Waals surface area contributed by atoms with E-state index in [9.17, 15) is 15.0 Å². The number of carbonyl (C=O) groups is 1. The van der Waals surface area contributed by atoms with Gasteiger partial charge in [-0.3, -0.25) is 4.79 Å². The van der Waals surface area contributed by atoms with Gasteiger partial charge in [0.15, 0.2) is 0 Å². The number of likely N-dealkylation sites (tertiary alicyclic amines) is 1. The van der Waals surface area contributed by atoms with E-state index in [0.717, 1.165) is 38.8 Å². The van der Waals surface area contributed by atoms with E-state index in [1.54, 1.807) is 0 Å². The lowest BCUT2D eigenvalue weighted by Crippen LogP contribution is -2.44. The fourth-order valence-corrected chi connectivity index (χ4v) is 2.73. The minimum Gasteiger partial charge on any atom is -0.508 e.